The van der Waals surface area contributed by atoms with Crippen molar-refractivity contribution in [2.75, 3.05) is 6.67 Å². The van der Waals surface area contributed by atoms with Crippen LogP contribution in [0.5, 0.6) is 0 Å². The Kier molecular flexibility index (Phi) is 16.5. The molecule has 13 heavy (non-hydrogen) atoms. The summed E-state index contributed by atoms with van der Waals surface area (Å²) < 4.78 is 11.6. The molecule has 0 N–H and O–H groups in total. The topological polar surface area (TPSA) is 40.1 Å². The minimum atomic E-state index is -0.973. The molecule has 0 aliphatic rings. The molecule has 72 valence electrons. The molecule has 2 nitrogen and oxygen atoms in total. The van der Waals surface area contributed by atoms with E-state index in [2.05, 4.69) is 0 Å². The van der Waals surface area contributed by atoms with E-state index < -0.39 is 5.97 Å². The van der Waals surface area contributed by atoms with Crippen LogP contribution in [0.2, 0.25) is 0 Å². The van der Waals surface area contributed by atoms with Gasteiger partial charge < -0.3 is 9.90 Å². The molecule has 0 aromatic rings. The molecule has 0 aromatic heterocycles. The molecule has 0 bridgehead atoms. The fourth-order valence-corrected chi connectivity index (χ4v) is 1.07. The van der Waals surface area contributed by atoms with Crippen LogP contribution in [0.4, 0.5) is 4.39 Å². The Balaban J connectivity index is 0. The Morgan fingerprint density at radius 3 is 1.92 bits per heavy atom. The van der Waals surface area contributed by atoms with Crippen molar-refractivity contribution in [1.82, 2.24) is 0 Å². The van der Waals surface area contributed by atoms with Crippen LogP contribution in [0, 0.1) is 0 Å². The second-order valence-corrected chi connectivity index (χ2v) is 2.93. The van der Waals surface area contributed by atoms with Gasteiger partial charge in [0.05, 0.1) is 6.67 Å². The molecule has 0 radical (unpaired) electrons. The maximum atomic E-state index is 11.6. The van der Waals surface area contributed by atoms with Gasteiger partial charge in [-0.05, 0) is 19.3 Å². The van der Waals surface area contributed by atoms with Gasteiger partial charge in [0.2, 0.25) is 0 Å². The zero-order valence-electron chi connectivity index (χ0n) is 8.35. The summed E-state index contributed by atoms with van der Waals surface area (Å²) in [4.78, 5) is 9.97. The van der Waals surface area contributed by atoms with Gasteiger partial charge in [-0.25, -0.2) is 0 Å². The van der Waals surface area contributed by atoms with Gasteiger partial charge in [-0.15, -0.1) is 0 Å². The summed E-state index contributed by atoms with van der Waals surface area (Å²) in [5, 5.41) is 9.97. The molecule has 0 unspecified atom stereocenters. The molecule has 0 atom stereocenters. The number of carbonyl (C=O) groups excluding carboxylic acids is 1. The summed E-state index contributed by atoms with van der Waals surface area (Å²) in [6.07, 6.45) is 5.34. The third-order valence-electron chi connectivity index (χ3n) is 1.76. The van der Waals surface area contributed by atoms with Crippen molar-refractivity contribution >= 4 is 5.97 Å². The molecular formula is C9H16FKO2. The number of hydrogen-bond donors (Lipinski definition) is 0. The number of carboxylic acid groups (broad SMARTS) is 1. The number of unbranched alkanes of at least 4 members (excludes halogenated alkanes) is 5. The number of aliphatic carboxylic acids is 1. The third-order valence-corrected chi connectivity index (χ3v) is 1.76. The molecule has 0 heterocycles. The predicted molar refractivity (Wildman–Crippen MR) is 43.3 cm³/mol. The molecule has 0 amide bonds. The van der Waals surface area contributed by atoms with E-state index in [4.69, 9.17) is 0 Å². The Bertz CT molecular complexity index is 120. The van der Waals surface area contributed by atoms with Crippen LogP contribution in [-0.4, -0.2) is 12.6 Å². The smallest absolute Gasteiger partial charge is 0.550 e. The molecule has 4 heteroatoms. The van der Waals surface area contributed by atoms with Crippen molar-refractivity contribution in [3.05, 3.63) is 0 Å². The number of hydrogen-bond acceptors (Lipinski definition) is 2. The average molecular weight is 214 g/mol. The summed E-state index contributed by atoms with van der Waals surface area (Å²) in [6.45, 7) is -0.237. The summed E-state index contributed by atoms with van der Waals surface area (Å²) in [7, 11) is 0. The van der Waals surface area contributed by atoms with Crippen LogP contribution in [0.1, 0.15) is 44.9 Å². The van der Waals surface area contributed by atoms with Gasteiger partial charge in [0.15, 0.2) is 0 Å². The fourth-order valence-electron chi connectivity index (χ4n) is 1.07. The number of alkyl halides is 1. The second-order valence-electron chi connectivity index (χ2n) is 2.93. The van der Waals surface area contributed by atoms with Gasteiger partial charge >= 0.3 is 51.4 Å². The van der Waals surface area contributed by atoms with E-state index in [1.165, 1.54) is 0 Å². The normalized spacial score (nSPS) is 9.31. The van der Waals surface area contributed by atoms with E-state index in [9.17, 15) is 14.3 Å². The van der Waals surface area contributed by atoms with E-state index in [0.717, 1.165) is 25.7 Å². The van der Waals surface area contributed by atoms with Gasteiger partial charge in [0.25, 0.3) is 0 Å². The summed E-state index contributed by atoms with van der Waals surface area (Å²) in [5.74, 6) is -0.973. The number of halogens is 1. The van der Waals surface area contributed by atoms with Gasteiger partial charge in [-0.3, -0.25) is 4.39 Å². The molecular weight excluding hydrogens is 198 g/mol. The van der Waals surface area contributed by atoms with Gasteiger partial charge in [0.1, 0.15) is 0 Å². The first-order valence-corrected chi connectivity index (χ1v) is 4.53. The van der Waals surface area contributed by atoms with Crippen molar-refractivity contribution in [3.63, 3.8) is 0 Å². The Hall–Kier alpha value is 1.04. The van der Waals surface area contributed by atoms with Crippen LogP contribution in [0.3, 0.4) is 0 Å². The average Bonchev–Trinajstić information content (AvgIpc) is 2.02. The SMILES string of the molecule is O=C([O-])CCCCCCCCF.[K+]. The fraction of sp³-hybridized carbons (Fsp3) is 0.889. The largest absolute Gasteiger partial charge is 1.00 e. The van der Waals surface area contributed by atoms with E-state index in [-0.39, 0.29) is 64.5 Å². The Morgan fingerprint density at radius 1 is 1.00 bits per heavy atom. The summed E-state index contributed by atoms with van der Waals surface area (Å²) in [6, 6.07) is 0. The zero-order valence-corrected chi connectivity index (χ0v) is 11.5. The molecule has 0 rings (SSSR count). The minimum Gasteiger partial charge on any atom is -0.550 e. The van der Waals surface area contributed by atoms with Crippen LogP contribution < -0.4 is 56.5 Å². The van der Waals surface area contributed by atoms with Crippen molar-refractivity contribution in [2.24, 2.45) is 0 Å². The maximum absolute atomic E-state index is 11.6. The molecule has 0 aliphatic carbocycles. The Morgan fingerprint density at radius 2 is 1.46 bits per heavy atom. The van der Waals surface area contributed by atoms with E-state index in [1.54, 1.807) is 0 Å². The molecule has 0 aliphatic heterocycles. The number of carbonyl (C=O) groups is 1. The first-order chi connectivity index (χ1) is 5.77. The van der Waals surface area contributed by atoms with Crippen molar-refractivity contribution in [1.29, 1.82) is 0 Å². The molecule has 0 saturated carbocycles. The Labute approximate surface area is 122 Å². The van der Waals surface area contributed by atoms with E-state index >= 15 is 0 Å². The van der Waals surface area contributed by atoms with Gasteiger partial charge in [-0.1, -0.05) is 25.7 Å². The van der Waals surface area contributed by atoms with E-state index in [1.807, 2.05) is 0 Å². The summed E-state index contributed by atoms with van der Waals surface area (Å²) in [5.41, 5.74) is 0. The maximum Gasteiger partial charge on any atom is 1.00 e. The van der Waals surface area contributed by atoms with Crippen molar-refractivity contribution < 1.29 is 65.7 Å². The number of carboxylic acids is 1. The summed E-state index contributed by atoms with van der Waals surface area (Å²) >= 11 is 0. The predicted octanol–water partition coefficient (Wildman–Crippen LogP) is -1.56. The van der Waals surface area contributed by atoms with Crippen LogP contribution in [-0.2, 0) is 4.79 Å². The quantitative estimate of drug-likeness (QED) is 0.362. The second kappa shape index (κ2) is 13.0. The minimum absolute atomic E-state index is 0. The van der Waals surface area contributed by atoms with Gasteiger partial charge in [-0.2, -0.15) is 0 Å². The van der Waals surface area contributed by atoms with E-state index in [0.29, 0.717) is 12.8 Å². The van der Waals surface area contributed by atoms with Crippen molar-refractivity contribution in [3.8, 4) is 0 Å². The molecule has 0 aromatic carbocycles. The zero-order chi connectivity index (χ0) is 9.23. The van der Waals surface area contributed by atoms with Crippen LogP contribution in [0.25, 0.3) is 0 Å². The van der Waals surface area contributed by atoms with Gasteiger partial charge in [0, 0.05) is 5.97 Å². The molecule has 0 saturated heterocycles. The first kappa shape index (κ1) is 16.5. The number of rotatable bonds is 8. The standard InChI is InChI=1S/C9H17FO2.K/c10-8-6-4-2-1-3-5-7-9(11)12;/h1-8H2,(H,11,12);/q;+1/p-1. The van der Waals surface area contributed by atoms with Crippen LogP contribution >= 0.6 is 0 Å². The molecule has 0 spiro atoms. The third kappa shape index (κ3) is 15.8. The molecule has 0 fully saturated rings. The first-order valence-electron chi connectivity index (χ1n) is 4.53. The van der Waals surface area contributed by atoms with Crippen LogP contribution in [0.15, 0.2) is 0 Å². The monoisotopic (exact) mass is 214 g/mol. The van der Waals surface area contributed by atoms with Crippen molar-refractivity contribution in [2.45, 2.75) is 44.9 Å².